The van der Waals surface area contributed by atoms with Gasteiger partial charge in [-0.15, -0.1) is 0 Å². The molecule has 1 aliphatic heterocycles. The largest absolute Gasteiger partial charge is 0.335 e. The highest BCUT2D eigenvalue weighted by Gasteiger charge is 2.51. The van der Waals surface area contributed by atoms with Crippen molar-refractivity contribution in [1.29, 1.82) is 0 Å². The molecule has 2 atom stereocenters. The van der Waals surface area contributed by atoms with Crippen molar-refractivity contribution in [1.82, 2.24) is 15.1 Å². The van der Waals surface area contributed by atoms with Gasteiger partial charge in [0.25, 0.3) is 5.91 Å². The maximum Gasteiger partial charge on any atom is 0.257 e. The fourth-order valence-electron chi connectivity index (χ4n) is 4.23. The molecule has 2 aliphatic rings. The molecule has 0 spiro atoms. The molecule has 1 aromatic heterocycles. The Balaban J connectivity index is 1.86. The number of hydrogen-bond acceptors (Lipinski definition) is 2. The summed E-state index contributed by atoms with van der Waals surface area (Å²) in [4.78, 5) is 14.5. The highest BCUT2D eigenvalue weighted by molar-refractivity contribution is 5.94. The van der Waals surface area contributed by atoms with E-state index in [2.05, 4.69) is 35.9 Å². The van der Waals surface area contributed by atoms with Gasteiger partial charge in [0, 0.05) is 18.8 Å². The number of carbonyl (C=O) groups is 1. The Labute approximate surface area is 108 Å². The first-order chi connectivity index (χ1) is 8.39. The monoisotopic (exact) mass is 247 g/mol. The van der Waals surface area contributed by atoms with E-state index in [0.717, 1.165) is 19.4 Å². The van der Waals surface area contributed by atoms with E-state index in [1.807, 2.05) is 0 Å². The third-order valence-corrected chi connectivity index (χ3v) is 4.42. The van der Waals surface area contributed by atoms with Gasteiger partial charge in [0.15, 0.2) is 0 Å². The Morgan fingerprint density at radius 2 is 2.22 bits per heavy atom. The Bertz CT molecular complexity index is 465. The number of hydrogen-bond donors (Lipinski definition) is 1. The summed E-state index contributed by atoms with van der Waals surface area (Å²) in [5, 5.41) is 6.60. The lowest BCUT2D eigenvalue weighted by Crippen LogP contribution is -2.37. The van der Waals surface area contributed by atoms with Crippen LogP contribution in [0.15, 0.2) is 12.4 Å². The standard InChI is InChI=1S/C14H21N3O/c1-13(2)4-11-5-14(3,8-13)9-17(11)12(18)10-6-15-16-7-10/h6-7,11H,4-5,8-9H2,1-3H3,(H,15,16). The molecule has 1 aromatic rings. The van der Waals surface area contributed by atoms with Crippen LogP contribution in [0.3, 0.4) is 0 Å². The molecule has 1 saturated carbocycles. The van der Waals surface area contributed by atoms with E-state index < -0.39 is 0 Å². The van der Waals surface area contributed by atoms with E-state index in [1.54, 1.807) is 12.4 Å². The first-order valence-electron chi connectivity index (χ1n) is 6.68. The fraction of sp³-hybridized carbons (Fsp3) is 0.714. The average Bonchev–Trinajstić information content (AvgIpc) is 2.82. The second-order valence-electron chi connectivity index (χ2n) is 7.13. The quantitative estimate of drug-likeness (QED) is 0.828. The van der Waals surface area contributed by atoms with Crippen LogP contribution in [0.25, 0.3) is 0 Å². The molecule has 0 radical (unpaired) electrons. The van der Waals surface area contributed by atoms with E-state index in [9.17, 15) is 4.79 Å². The second kappa shape index (κ2) is 3.59. The lowest BCUT2D eigenvalue weighted by atomic mass is 9.65. The third-order valence-electron chi connectivity index (χ3n) is 4.42. The normalized spacial score (nSPS) is 33.7. The van der Waals surface area contributed by atoms with Gasteiger partial charge in [-0.3, -0.25) is 9.89 Å². The van der Waals surface area contributed by atoms with Crippen LogP contribution < -0.4 is 0 Å². The third kappa shape index (κ3) is 1.84. The van der Waals surface area contributed by atoms with Gasteiger partial charge in [0.05, 0.1) is 11.8 Å². The summed E-state index contributed by atoms with van der Waals surface area (Å²) in [7, 11) is 0. The number of nitrogens with zero attached hydrogens (tertiary/aromatic N) is 2. The van der Waals surface area contributed by atoms with Crippen LogP contribution >= 0.6 is 0 Å². The van der Waals surface area contributed by atoms with Crippen LogP contribution in [-0.4, -0.2) is 33.6 Å². The molecule has 2 heterocycles. The topological polar surface area (TPSA) is 49.0 Å². The van der Waals surface area contributed by atoms with Gasteiger partial charge in [-0.2, -0.15) is 5.10 Å². The number of fused-ring (bicyclic) bond motifs is 2. The lowest BCUT2D eigenvalue weighted by molar-refractivity contribution is 0.0708. The van der Waals surface area contributed by atoms with Crippen molar-refractivity contribution in [3.63, 3.8) is 0 Å². The van der Waals surface area contributed by atoms with Crippen LogP contribution in [0.2, 0.25) is 0 Å². The Morgan fingerprint density at radius 3 is 2.89 bits per heavy atom. The van der Waals surface area contributed by atoms with Crippen molar-refractivity contribution in [3.05, 3.63) is 18.0 Å². The Kier molecular flexibility index (Phi) is 2.34. The van der Waals surface area contributed by atoms with Crippen LogP contribution in [0, 0.1) is 10.8 Å². The van der Waals surface area contributed by atoms with Crippen molar-refractivity contribution < 1.29 is 4.79 Å². The summed E-state index contributed by atoms with van der Waals surface area (Å²) in [6.07, 6.45) is 6.80. The summed E-state index contributed by atoms with van der Waals surface area (Å²) in [5.41, 5.74) is 1.33. The number of carbonyl (C=O) groups excluding carboxylic acids is 1. The predicted molar refractivity (Wildman–Crippen MR) is 69.2 cm³/mol. The van der Waals surface area contributed by atoms with E-state index >= 15 is 0 Å². The maximum atomic E-state index is 12.5. The molecule has 2 fully saturated rings. The number of likely N-dealkylation sites (tertiary alicyclic amines) is 1. The lowest BCUT2D eigenvalue weighted by Gasteiger charge is -2.39. The minimum absolute atomic E-state index is 0.134. The van der Waals surface area contributed by atoms with E-state index in [-0.39, 0.29) is 5.91 Å². The Hall–Kier alpha value is -1.32. The molecule has 4 heteroatoms. The zero-order chi connectivity index (χ0) is 13.0. The average molecular weight is 247 g/mol. The highest BCUT2D eigenvalue weighted by Crippen LogP contribution is 2.52. The molecule has 1 aliphatic carbocycles. The van der Waals surface area contributed by atoms with Gasteiger partial charge in [-0.05, 0) is 30.1 Å². The number of aromatic nitrogens is 2. The number of nitrogens with one attached hydrogen (secondary N) is 1. The molecule has 1 amide bonds. The van der Waals surface area contributed by atoms with Crippen molar-refractivity contribution in [2.45, 2.75) is 46.1 Å². The van der Waals surface area contributed by atoms with Crippen LogP contribution in [-0.2, 0) is 0 Å². The summed E-state index contributed by atoms with van der Waals surface area (Å²) >= 11 is 0. The van der Waals surface area contributed by atoms with Crippen molar-refractivity contribution in [2.75, 3.05) is 6.54 Å². The van der Waals surface area contributed by atoms with Crippen LogP contribution in [0.1, 0.15) is 50.4 Å². The molecule has 2 bridgehead atoms. The van der Waals surface area contributed by atoms with Gasteiger partial charge < -0.3 is 4.90 Å². The molecule has 18 heavy (non-hydrogen) atoms. The molecule has 1 N–H and O–H groups in total. The minimum atomic E-state index is 0.134. The van der Waals surface area contributed by atoms with Crippen LogP contribution in [0.4, 0.5) is 0 Å². The predicted octanol–water partition coefficient (Wildman–Crippen LogP) is 2.45. The number of aromatic amines is 1. The zero-order valence-corrected chi connectivity index (χ0v) is 11.4. The highest BCUT2D eigenvalue weighted by atomic mass is 16.2. The fourth-order valence-corrected chi connectivity index (χ4v) is 4.23. The molecule has 3 rings (SSSR count). The molecule has 4 nitrogen and oxygen atoms in total. The van der Waals surface area contributed by atoms with Crippen LogP contribution in [0.5, 0.6) is 0 Å². The SMILES string of the molecule is CC1(C)CC2CC(C)(CN2C(=O)c2cn[nH]c2)C1. The molecule has 2 unspecified atom stereocenters. The summed E-state index contributed by atoms with van der Waals surface area (Å²) < 4.78 is 0. The van der Waals surface area contributed by atoms with E-state index in [1.165, 1.54) is 6.42 Å². The maximum absolute atomic E-state index is 12.5. The van der Waals surface area contributed by atoms with Crippen molar-refractivity contribution in [2.24, 2.45) is 10.8 Å². The zero-order valence-electron chi connectivity index (χ0n) is 11.4. The molecule has 1 saturated heterocycles. The van der Waals surface area contributed by atoms with E-state index in [4.69, 9.17) is 0 Å². The minimum Gasteiger partial charge on any atom is -0.335 e. The van der Waals surface area contributed by atoms with Gasteiger partial charge in [0.1, 0.15) is 0 Å². The summed E-state index contributed by atoms with van der Waals surface area (Å²) in [6, 6.07) is 0.404. The number of rotatable bonds is 1. The number of amides is 1. The summed E-state index contributed by atoms with van der Waals surface area (Å²) in [6.45, 7) is 7.86. The van der Waals surface area contributed by atoms with Gasteiger partial charge >= 0.3 is 0 Å². The first kappa shape index (κ1) is 11.8. The smallest absolute Gasteiger partial charge is 0.257 e. The number of H-pyrrole nitrogens is 1. The molecule has 98 valence electrons. The molecule has 0 aromatic carbocycles. The second-order valence-corrected chi connectivity index (χ2v) is 7.13. The molecular weight excluding hydrogens is 226 g/mol. The van der Waals surface area contributed by atoms with Crippen molar-refractivity contribution in [3.8, 4) is 0 Å². The Morgan fingerprint density at radius 1 is 1.44 bits per heavy atom. The van der Waals surface area contributed by atoms with E-state index in [0.29, 0.717) is 22.4 Å². The van der Waals surface area contributed by atoms with Gasteiger partial charge in [-0.1, -0.05) is 20.8 Å². The summed E-state index contributed by atoms with van der Waals surface area (Å²) in [5.74, 6) is 0.134. The first-order valence-corrected chi connectivity index (χ1v) is 6.68. The van der Waals surface area contributed by atoms with Gasteiger partial charge in [-0.25, -0.2) is 0 Å². The molecular formula is C14H21N3O. The van der Waals surface area contributed by atoms with Gasteiger partial charge in [0.2, 0.25) is 0 Å². The van der Waals surface area contributed by atoms with Crippen molar-refractivity contribution >= 4 is 5.91 Å².